The zero-order chi connectivity index (χ0) is 19.4. The van der Waals surface area contributed by atoms with Crippen molar-refractivity contribution in [2.75, 3.05) is 13.2 Å². The molecule has 2 N–H and O–H groups in total. The molecule has 2 aromatic rings. The summed E-state index contributed by atoms with van der Waals surface area (Å²) in [4.78, 5) is 16.8. The third-order valence-electron chi connectivity index (χ3n) is 4.55. The molecule has 0 aliphatic heterocycles. The van der Waals surface area contributed by atoms with Gasteiger partial charge in [0.15, 0.2) is 0 Å². The van der Waals surface area contributed by atoms with E-state index in [1.165, 1.54) is 24.4 Å². The van der Waals surface area contributed by atoms with E-state index in [1.807, 2.05) is 0 Å². The molecule has 1 amide bonds. The number of nitrogens with zero attached hydrogens (tertiary/aromatic N) is 1. The highest BCUT2D eigenvalue weighted by atomic mass is 35.5. The maximum atomic E-state index is 15.6. The number of ether oxygens (including phenoxy) is 1. The van der Waals surface area contributed by atoms with E-state index < -0.39 is 23.5 Å². The Hall–Kier alpha value is -2.09. The quantitative estimate of drug-likeness (QED) is 0.786. The summed E-state index contributed by atoms with van der Waals surface area (Å²) in [6, 6.07) is 7.13. The molecule has 0 radical (unpaired) electrons. The fourth-order valence-corrected chi connectivity index (χ4v) is 3.34. The van der Waals surface area contributed by atoms with Gasteiger partial charge in [0.1, 0.15) is 11.9 Å². The Bertz CT molecular complexity index is 836. The van der Waals surface area contributed by atoms with Crippen LogP contribution >= 0.6 is 11.6 Å². The summed E-state index contributed by atoms with van der Waals surface area (Å²) in [5.41, 5.74) is -1.60. The van der Waals surface area contributed by atoms with Gasteiger partial charge in [-0.2, -0.15) is 0 Å². The Morgan fingerprint density at radius 1 is 1.44 bits per heavy atom. The number of fused-ring (bicyclic) bond motifs is 1. The van der Waals surface area contributed by atoms with E-state index >= 15 is 4.39 Å². The lowest BCUT2D eigenvalue weighted by Crippen LogP contribution is -2.44. The molecule has 1 aliphatic rings. The Morgan fingerprint density at radius 2 is 2.26 bits per heavy atom. The second kappa shape index (κ2) is 8.29. The number of carbonyl (C=O) groups excluding carboxylic acids is 1. The van der Waals surface area contributed by atoms with E-state index in [9.17, 15) is 9.18 Å². The number of aromatic nitrogens is 1. The van der Waals surface area contributed by atoms with Crippen LogP contribution in [0.1, 0.15) is 35.8 Å². The number of aliphatic hydroxyl groups excluding tert-OH is 1. The Kier molecular flexibility index (Phi) is 6.04. The fourth-order valence-electron chi connectivity index (χ4n) is 3.18. The number of benzene rings is 1. The second-order valence-corrected chi connectivity index (χ2v) is 6.71. The highest BCUT2D eigenvalue weighted by molar-refractivity contribution is 6.30. The number of carbonyl (C=O) groups is 1. The van der Waals surface area contributed by atoms with E-state index in [0.29, 0.717) is 5.69 Å². The molecule has 5 nitrogen and oxygen atoms in total. The molecule has 3 rings (SSSR count). The van der Waals surface area contributed by atoms with E-state index in [0.717, 1.165) is 6.07 Å². The van der Waals surface area contributed by atoms with Crippen molar-refractivity contribution < 1.29 is 23.4 Å². The van der Waals surface area contributed by atoms with Gasteiger partial charge in [-0.1, -0.05) is 23.7 Å². The van der Waals surface area contributed by atoms with Gasteiger partial charge in [0.25, 0.3) is 5.91 Å². The smallest absolute Gasteiger partial charge is 0.262 e. The number of hydrogen-bond acceptors (Lipinski definition) is 4. The van der Waals surface area contributed by atoms with E-state index in [2.05, 4.69) is 10.3 Å². The predicted octanol–water partition coefficient (Wildman–Crippen LogP) is 3.20. The summed E-state index contributed by atoms with van der Waals surface area (Å²) < 4.78 is 35.0. The van der Waals surface area contributed by atoms with Gasteiger partial charge in [-0.3, -0.25) is 9.78 Å². The first-order valence-corrected chi connectivity index (χ1v) is 8.92. The highest BCUT2D eigenvalue weighted by Crippen LogP contribution is 2.43. The minimum atomic E-state index is -2.29. The molecular formula is C19H19ClF2N2O3. The van der Waals surface area contributed by atoms with Crippen molar-refractivity contribution in [1.82, 2.24) is 10.3 Å². The van der Waals surface area contributed by atoms with Gasteiger partial charge in [0, 0.05) is 28.9 Å². The first-order valence-electron chi connectivity index (χ1n) is 8.54. The monoisotopic (exact) mass is 396 g/mol. The standard InChI is InChI=1S/C19H19ClF2N2O3/c20-13-4-3-12(15(21)10-13)11-24-18(26)19(22)6-5-16(27-9-8-25)17-14(19)2-1-7-23-17/h1-4,7,10,16,25H,5-6,8-9,11H2,(H,24,26). The second-order valence-electron chi connectivity index (χ2n) is 6.28. The largest absolute Gasteiger partial charge is 0.394 e. The van der Waals surface area contributed by atoms with Gasteiger partial charge in [-0.15, -0.1) is 0 Å². The number of alkyl halides is 1. The van der Waals surface area contributed by atoms with Gasteiger partial charge in [0.2, 0.25) is 5.67 Å². The summed E-state index contributed by atoms with van der Waals surface area (Å²) in [6.07, 6.45) is 1.15. The van der Waals surface area contributed by atoms with Crippen LogP contribution < -0.4 is 5.32 Å². The van der Waals surface area contributed by atoms with Crippen LogP contribution in [0.3, 0.4) is 0 Å². The minimum absolute atomic E-state index is 0.0992. The Balaban J connectivity index is 1.79. The predicted molar refractivity (Wildman–Crippen MR) is 95.3 cm³/mol. The molecule has 144 valence electrons. The molecule has 8 heteroatoms. The molecule has 1 aliphatic carbocycles. The lowest BCUT2D eigenvalue weighted by molar-refractivity contribution is -0.136. The van der Waals surface area contributed by atoms with Crippen molar-refractivity contribution >= 4 is 17.5 Å². The molecule has 0 bridgehead atoms. The molecule has 0 spiro atoms. The lowest BCUT2D eigenvalue weighted by atomic mass is 9.80. The minimum Gasteiger partial charge on any atom is -0.394 e. The van der Waals surface area contributed by atoms with E-state index in [-0.39, 0.29) is 48.7 Å². The summed E-state index contributed by atoms with van der Waals surface area (Å²) in [7, 11) is 0. The fraction of sp³-hybridized carbons (Fsp3) is 0.368. The van der Waals surface area contributed by atoms with Crippen LogP contribution in [0, 0.1) is 5.82 Å². The van der Waals surface area contributed by atoms with Crippen LogP contribution in [0.15, 0.2) is 36.5 Å². The van der Waals surface area contributed by atoms with Crippen LogP contribution in [0.4, 0.5) is 8.78 Å². The van der Waals surface area contributed by atoms with Crippen molar-refractivity contribution in [2.45, 2.75) is 31.2 Å². The first-order chi connectivity index (χ1) is 13.0. The average molecular weight is 397 g/mol. The summed E-state index contributed by atoms with van der Waals surface area (Å²) in [5, 5.41) is 11.6. The van der Waals surface area contributed by atoms with Crippen molar-refractivity contribution in [2.24, 2.45) is 0 Å². The lowest BCUT2D eigenvalue weighted by Gasteiger charge is -2.34. The van der Waals surface area contributed by atoms with Crippen LogP contribution in [0.25, 0.3) is 0 Å². The molecule has 0 saturated heterocycles. The highest BCUT2D eigenvalue weighted by Gasteiger charge is 2.47. The number of aliphatic hydroxyl groups is 1. The molecule has 0 fully saturated rings. The average Bonchev–Trinajstić information content (AvgIpc) is 2.67. The topological polar surface area (TPSA) is 71.5 Å². The summed E-state index contributed by atoms with van der Waals surface area (Å²) in [5.74, 6) is -1.43. The van der Waals surface area contributed by atoms with Gasteiger partial charge in [-0.05, 0) is 31.0 Å². The molecule has 1 heterocycles. The third-order valence-corrected chi connectivity index (χ3v) is 4.78. The number of halogens is 3. The van der Waals surface area contributed by atoms with Crippen molar-refractivity contribution in [3.63, 3.8) is 0 Å². The molecular weight excluding hydrogens is 378 g/mol. The SMILES string of the molecule is O=C(NCc1ccc(Cl)cc1F)C1(F)CCC(OCCO)c2ncccc21. The van der Waals surface area contributed by atoms with E-state index in [4.69, 9.17) is 21.4 Å². The zero-order valence-electron chi connectivity index (χ0n) is 14.4. The maximum absolute atomic E-state index is 15.6. The molecule has 0 saturated carbocycles. The van der Waals surface area contributed by atoms with Crippen LogP contribution in [-0.4, -0.2) is 29.2 Å². The number of amides is 1. The zero-order valence-corrected chi connectivity index (χ0v) is 15.2. The number of pyridine rings is 1. The molecule has 27 heavy (non-hydrogen) atoms. The van der Waals surface area contributed by atoms with Crippen molar-refractivity contribution in [3.8, 4) is 0 Å². The Labute approximate surface area is 160 Å². The maximum Gasteiger partial charge on any atom is 0.262 e. The molecule has 1 aromatic heterocycles. The van der Waals surface area contributed by atoms with Gasteiger partial charge in [-0.25, -0.2) is 8.78 Å². The summed E-state index contributed by atoms with van der Waals surface area (Å²) in [6.45, 7) is -0.220. The van der Waals surface area contributed by atoms with Crippen LogP contribution in [0.5, 0.6) is 0 Å². The summed E-state index contributed by atoms with van der Waals surface area (Å²) >= 11 is 5.71. The van der Waals surface area contributed by atoms with Crippen molar-refractivity contribution in [1.29, 1.82) is 0 Å². The first kappa shape index (κ1) is 19.7. The molecule has 2 atom stereocenters. The van der Waals surface area contributed by atoms with Gasteiger partial charge in [0.05, 0.1) is 18.9 Å². The van der Waals surface area contributed by atoms with E-state index in [1.54, 1.807) is 6.07 Å². The van der Waals surface area contributed by atoms with Gasteiger partial charge >= 0.3 is 0 Å². The van der Waals surface area contributed by atoms with Crippen LogP contribution in [0.2, 0.25) is 5.02 Å². The Morgan fingerprint density at radius 3 is 3.00 bits per heavy atom. The molecule has 2 unspecified atom stereocenters. The molecule has 1 aromatic carbocycles. The number of nitrogens with one attached hydrogen (secondary N) is 1. The normalized spacial score (nSPS) is 21.6. The number of rotatable bonds is 6. The number of hydrogen-bond donors (Lipinski definition) is 2. The van der Waals surface area contributed by atoms with Crippen molar-refractivity contribution in [3.05, 3.63) is 64.2 Å². The third kappa shape index (κ3) is 4.10. The van der Waals surface area contributed by atoms with Crippen LogP contribution in [-0.2, 0) is 21.7 Å². The van der Waals surface area contributed by atoms with Gasteiger partial charge < -0.3 is 15.2 Å².